The Balaban J connectivity index is 4.05. The third-order valence-corrected chi connectivity index (χ3v) is 17.2. The van der Waals surface area contributed by atoms with Crippen LogP contribution in [-0.4, -0.2) is 74.9 Å². The second-order valence-electron chi connectivity index (χ2n) is 26.3. The molecule has 0 saturated carbocycles. The quantitative estimate of drug-likeness (QED) is 0.0211. The maximum atomic E-state index is 12.9. The first-order valence-corrected chi connectivity index (χ1v) is 39.3. The van der Waals surface area contributed by atoms with E-state index in [4.69, 9.17) is 18.5 Å². The van der Waals surface area contributed by atoms with E-state index in [9.17, 15) is 19.0 Å². The molecule has 0 bridgehead atoms. The van der Waals surface area contributed by atoms with Crippen molar-refractivity contribution in [2.24, 2.45) is 0 Å². The molecule has 0 saturated heterocycles. The molecule has 2 atom stereocenters. The second-order valence-corrected chi connectivity index (χ2v) is 27.8. The molecule has 0 amide bonds. The summed E-state index contributed by atoms with van der Waals surface area (Å²) in [7, 11) is 1.48. The molecule has 0 aliphatic heterocycles. The zero-order valence-corrected chi connectivity index (χ0v) is 60.7. The number of allylic oxidation sites excluding steroid dienone is 20. The van der Waals surface area contributed by atoms with Crippen LogP contribution in [-0.2, 0) is 32.7 Å². The molecule has 0 radical (unpaired) electrons. The standard InChI is InChI=1S/C81H142NO8P/c1-6-8-10-12-14-16-18-20-22-24-26-28-30-32-34-35-36-37-38-39-40-41-42-43-44-45-46-47-48-50-52-54-56-58-60-62-64-66-68-70-72-74-81(84)90-79(78-89-91(85,86)88-76-75-82(3,4)5)77-87-80(83)73-71-69-67-65-63-61-59-57-55-53-51-49-33-31-29-27-25-23-21-19-17-15-13-11-9-7-2/h8,10,14,16,20,22,26,28,32,34,36-37,39-40,42-43,45-46,48,50,79H,6-7,9,11-13,15,17-19,21,23-25,27,29-31,33,35,38,41,44,47,49,51-78H2,1-5H3/p+1/b10-8-,16-14-,22-20-,28-26-,34-32-,37-36-,40-39-,43-42-,46-45-,50-48-. The van der Waals surface area contributed by atoms with Crippen LogP contribution in [0, 0.1) is 0 Å². The molecular formula is C81H143NO8P+. The molecule has 10 heteroatoms. The van der Waals surface area contributed by atoms with E-state index in [0.29, 0.717) is 17.4 Å². The summed E-state index contributed by atoms with van der Waals surface area (Å²) in [5.41, 5.74) is 0. The number of likely N-dealkylation sites (N-methyl/N-ethyl adjacent to an activating group) is 1. The topological polar surface area (TPSA) is 108 Å². The van der Waals surface area contributed by atoms with Crippen molar-refractivity contribution in [3.8, 4) is 0 Å². The number of unbranched alkanes of at least 4 members (excludes halogenated alkanes) is 35. The molecule has 2 unspecified atom stereocenters. The predicted molar refractivity (Wildman–Crippen MR) is 394 cm³/mol. The lowest BCUT2D eigenvalue weighted by Gasteiger charge is -2.24. The van der Waals surface area contributed by atoms with Gasteiger partial charge in [-0.3, -0.25) is 18.6 Å². The van der Waals surface area contributed by atoms with E-state index in [2.05, 4.69) is 135 Å². The summed E-state index contributed by atoms with van der Waals surface area (Å²) in [6, 6.07) is 0. The molecule has 0 spiro atoms. The Bertz CT molecular complexity index is 1950. The van der Waals surface area contributed by atoms with Gasteiger partial charge in [-0.1, -0.05) is 347 Å². The number of rotatable bonds is 69. The zero-order chi connectivity index (χ0) is 66.2. The number of phosphoric acid groups is 1. The summed E-state index contributed by atoms with van der Waals surface area (Å²) < 4.78 is 34.8. The number of nitrogens with zero attached hydrogens (tertiary/aromatic N) is 1. The first-order valence-electron chi connectivity index (χ1n) is 37.8. The number of carbonyl (C=O) groups is 2. The Morgan fingerprint density at radius 2 is 0.626 bits per heavy atom. The lowest BCUT2D eigenvalue weighted by atomic mass is 10.0. The van der Waals surface area contributed by atoms with Gasteiger partial charge in [-0.25, -0.2) is 4.57 Å². The minimum absolute atomic E-state index is 0.0279. The molecule has 1 N–H and O–H groups in total. The minimum atomic E-state index is -4.40. The highest BCUT2D eigenvalue weighted by atomic mass is 31.2. The van der Waals surface area contributed by atoms with Crippen molar-refractivity contribution in [3.63, 3.8) is 0 Å². The molecule has 9 nitrogen and oxygen atoms in total. The average molecular weight is 1290 g/mol. The van der Waals surface area contributed by atoms with Gasteiger partial charge in [-0.05, 0) is 89.9 Å². The van der Waals surface area contributed by atoms with E-state index >= 15 is 0 Å². The number of ether oxygens (including phenoxy) is 2. The van der Waals surface area contributed by atoms with E-state index in [0.717, 1.165) is 109 Å². The van der Waals surface area contributed by atoms with Gasteiger partial charge in [0.25, 0.3) is 0 Å². The van der Waals surface area contributed by atoms with E-state index in [1.54, 1.807) is 0 Å². The van der Waals surface area contributed by atoms with Gasteiger partial charge in [0.2, 0.25) is 0 Å². The molecule has 0 rings (SSSR count). The molecule has 91 heavy (non-hydrogen) atoms. The Kier molecular flexibility index (Phi) is 67.9. The van der Waals surface area contributed by atoms with Gasteiger partial charge in [0.1, 0.15) is 19.8 Å². The van der Waals surface area contributed by atoms with E-state index < -0.39 is 26.5 Å². The summed E-state index contributed by atoms with van der Waals surface area (Å²) in [4.78, 5) is 35.9. The first-order chi connectivity index (χ1) is 44.5. The minimum Gasteiger partial charge on any atom is -0.462 e. The number of carbonyl (C=O) groups excluding carboxylic acids is 2. The lowest BCUT2D eigenvalue weighted by Crippen LogP contribution is -2.37. The van der Waals surface area contributed by atoms with E-state index in [1.807, 2.05) is 21.1 Å². The largest absolute Gasteiger partial charge is 0.472 e. The molecule has 0 aromatic rings. The van der Waals surface area contributed by atoms with Crippen molar-refractivity contribution >= 4 is 19.8 Å². The molecule has 0 aromatic heterocycles. The Morgan fingerprint density at radius 3 is 0.934 bits per heavy atom. The number of quaternary nitrogens is 1. The summed E-state index contributed by atoms with van der Waals surface area (Å²) in [6.07, 6.45) is 102. The average Bonchev–Trinajstić information content (AvgIpc) is 3.69. The van der Waals surface area contributed by atoms with E-state index in [1.165, 1.54) is 186 Å². The van der Waals surface area contributed by atoms with Crippen LogP contribution in [0.15, 0.2) is 122 Å². The summed E-state index contributed by atoms with van der Waals surface area (Å²) >= 11 is 0. The summed E-state index contributed by atoms with van der Waals surface area (Å²) in [6.45, 7) is 4.35. The molecule has 0 aromatic carbocycles. The molecule has 524 valence electrons. The highest BCUT2D eigenvalue weighted by molar-refractivity contribution is 7.47. The normalized spacial score (nSPS) is 13.8. The fraction of sp³-hybridized carbons (Fsp3) is 0.728. The van der Waals surface area contributed by atoms with Gasteiger partial charge in [-0.2, -0.15) is 0 Å². The Morgan fingerprint density at radius 1 is 0.352 bits per heavy atom. The molecule has 0 aliphatic rings. The number of hydrogen-bond donors (Lipinski definition) is 1. The van der Waals surface area contributed by atoms with Gasteiger partial charge in [0, 0.05) is 12.8 Å². The van der Waals surface area contributed by atoms with Crippen molar-refractivity contribution in [3.05, 3.63) is 122 Å². The third kappa shape index (κ3) is 75.3. The van der Waals surface area contributed by atoms with E-state index in [-0.39, 0.29) is 32.0 Å². The predicted octanol–water partition coefficient (Wildman–Crippen LogP) is 25.0. The van der Waals surface area contributed by atoms with Crippen LogP contribution in [0.5, 0.6) is 0 Å². The lowest BCUT2D eigenvalue weighted by molar-refractivity contribution is -0.870. The Labute approximate surface area is 562 Å². The highest BCUT2D eigenvalue weighted by Crippen LogP contribution is 2.43. The smallest absolute Gasteiger partial charge is 0.462 e. The van der Waals surface area contributed by atoms with Crippen LogP contribution in [0.1, 0.15) is 328 Å². The summed E-state index contributed by atoms with van der Waals surface area (Å²) in [5, 5.41) is 0. The molecular weight excluding hydrogens is 1150 g/mol. The Hall–Kier alpha value is -3.59. The monoisotopic (exact) mass is 1290 g/mol. The molecule has 0 aliphatic carbocycles. The van der Waals surface area contributed by atoms with Crippen LogP contribution in [0.4, 0.5) is 0 Å². The zero-order valence-electron chi connectivity index (χ0n) is 59.8. The SMILES string of the molecule is CC/C=C\C/C=C\C/C=C\C/C=C\C/C=C\C/C=C\C/C=C\C/C=C\C/C=C\C/C=C\CCCCCCCCCCCCC(=O)OC(COC(=O)CCCCCCCCCCCCCCCCCCCCCCCCCCCC)COP(=O)(O)OCC[N+](C)(C)C. The maximum Gasteiger partial charge on any atom is 0.472 e. The van der Waals surface area contributed by atoms with Crippen molar-refractivity contribution < 1.29 is 42.1 Å². The summed E-state index contributed by atoms with van der Waals surface area (Å²) in [5.74, 6) is -0.794. The van der Waals surface area contributed by atoms with Gasteiger partial charge in [0.05, 0.1) is 27.7 Å². The molecule has 0 fully saturated rings. The number of esters is 2. The van der Waals surface area contributed by atoms with Crippen LogP contribution >= 0.6 is 7.82 Å². The van der Waals surface area contributed by atoms with Gasteiger partial charge >= 0.3 is 19.8 Å². The van der Waals surface area contributed by atoms with Crippen LogP contribution in [0.2, 0.25) is 0 Å². The van der Waals surface area contributed by atoms with Gasteiger partial charge in [-0.15, -0.1) is 0 Å². The van der Waals surface area contributed by atoms with Crippen molar-refractivity contribution in [2.75, 3.05) is 47.5 Å². The van der Waals surface area contributed by atoms with Gasteiger partial charge in [0.15, 0.2) is 6.10 Å². The fourth-order valence-electron chi connectivity index (χ4n) is 10.5. The van der Waals surface area contributed by atoms with Crippen LogP contribution < -0.4 is 0 Å². The highest BCUT2D eigenvalue weighted by Gasteiger charge is 2.27. The van der Waals surface area contributed by atoms with Crippen molar-refractivity contribution in [2.45, 2.75) is 335 Å². The van der Waals surface area contributed by atoms with Crippen molar-refractivity contribution in [1.29, 1.82) is 0 Å². The van der Waals surface area contributed by atoms with Crippen molar-refractivity contribution in [1.82, 2.24) is 0 Å². The van der Waals surface area contributed by atoms with Crippen LogP contribution in [0.25, 0.3) is 0 Å². The van der Waals surface area contributed by atoms with Crippen LogP contribution in [0.3, 0.4) is 0 Å². The number of phosphoric ester groups is 1. The van der Waals surface area contributed by atoms with Gasteiger partial charge < -0.3 is 18.9 Å². The second kappa shape index (κ2) is 70.7. The number of hydrogen-bond acceptors (Lipinski definition) is 7. The first kappa shape index (κ1) is 87.4. The molecule has 0 heterocycles. The fourth-order valence-corrected chi connectivity index (χ4v) is 11.3. The maximum absolute atomic E-state index is 12.9. The third-order valence-electron chi connectivity index (χ3n) is 16.3.